The van der Waals surface area contributed by atoms with Crippen LogP contribution in [0.15, 0.2) is 48.7 Å². The summed E-state index contributed by atoms with van der Waals surface area (Å²) in [6.45, 7) is 0. The molecule has 0 aliphatic carbocycles. The Morgan fingerprint density at radius 1 is 0.692 bits per heavy atom. The first-order valence-corrected chi connectivity index (χ1v) is 7.98. The summed E-state index contributed by atoms with van der Waals surface area (Å²) in [5.41, 5.74) is 3.48. The second-order valence-corrected chi connectivity index (χ2v) is 5.44. The lowest BCUT2D eigenvalue weighted by Crippen LogP contribution is -1.97. The molecule has 0 spiro atoms. The maximum absolute atomic E-state index is 5.46. The van der Waals surface area contributed by atoms with Crippen LogP contribution in [-0.4, -0.2) is 38.6 Å². The second-order valence-electron chi connectivity index (χ2n) is 5.44. The molecule has 1 aromatic heterocycles. The first kappa shape index (κ1) is 17.5. The van der Waals surface area contributed by atoms with E-state index in [1.165, 1.54) is 0 Å². The van der Waals surface area contributed by atoms with Crippen molar-refractivity contribution in [2.75, 3.05) is 28.4 Å². The SMILES string of the molecule is COc1ccc(-c2nnccc2-c2cc(OC)c(OC)c(OC)c2)cc1. The maximum Gasteiger partial charge on any atom is 0.203 e. The third kappa shape index (κ3) is 3.26. The lowest BCUT2D eigenvalue weighted by molar-refractivity contribution is 0.324. The fourth-order valence-electron chi connectivity index (χ4n) is 2.76. The molecule has 0 radical (unpaired) electrons. The quantitative estimate of drug-likeness (QED) is 0.672. The molecule has 2 aromatic carbocycles. The van der Waals surface area contributed by atoms with Crippen molar-refractivity contribution in [3.05, 3.63) is 48.7 Å². The van der Waals surface area contributed by atoms with Crippen LogP contribution in [0, 0.1) is 0 Å². The van der Waals surface area contributed by atoms with Crippen molar-refractivity contribution in [2.45, 2.75) is 0 Å². The zero-order valence-corrected chi connectivity index (χ0v) is 15.1. The zero-order chi connectivity index (χ0) is 18.5. The largest absolute Gasteiger partial charge is 0.497 e. The summed E-state index contributed by atoms with van der Waals surface area (Å²) in [4.78, 5) is 0. The Balaban J connectivity index is 2.16. The number of benzene rings is 2. The first-order chi connectivity index (χ1) is 12.7. The summed E-state index contributed by atoms with van der Waals surface area (Å²) in [6, 6.07) is 13.4. The first-order valence-electron chi connectivity index (χ1n) is 7.98. The average molecular weight is 352 g/mol. The van der Waals surface area contributed by atoms with Crippen molar-refractivity contribution in [1.82, 2.24) is 10.2 Å². The molecular formula is C20H20N2O4. The van der Waals surface area contributed by atoms with E-state index in [4.69, 9.17) is 18.9 Å². The van der Waals surface area contributed by atoms with Crippen molar-refractivity contribution in [1.29, 1.82) is 0 Å². The van der Waals surface area contributed by atoms with E-state index in [2.05, 4.69) is 10.2 Å². The Hall–Kier alpha value is -3.28. The summed E-state index contributed by atoms with van der Waals surface area (Å²) in [6.07, 6.45) is 1.66. The number of hydrogen-bond donors (Lipinski definition) is 0. The standard InChI is InChI=1S/C20H20N2O4/c1-23-15-7-5-13(6-8-15)19-16(9-10-21-22-19)14-11-17(24-2)20(26-4)18(12-14)25-3/h5-12H,1-4H3. The predicted molar refractivity (Wildman–Crippen MR) is 99.1 cm³/mol. The Bertz CT molecular complexity index is 870. The van der Waals surface area contributed by atoms with Crippen molar-refractivity contribution >= 4 is 0 Å². The lowest BCUT2D eigenvalue weighted by atomic mass is 9.99. The normalized spacial score (nSPS) is 10.3. The molecule has 134 valence electrons. The van der Waals surface area contributed by atoms with E-state index in [0.29, 0.717) is 17.2 Å². The number of aromatic nitrogens is 2. The summed E-state index contributed by atoms with van der Waals surface area (Å²) in [7, 11) is 6.40. The molecule has 6 heteroatoms. The third-order valence-corrected chi connectivity index (χ3v) is 4.06. The van der Waals surface area contributed by atoms with Crippen molar-refractivity contribution in [2.24, 2.45) is 0 Å². The third-order valence-electron chi connectivity index (χ3n) is 4.06. The van der Waals surface area contributed by atoms with Gasteiger partial charge in [0.2, 0.25) is 5.75 Å². The van der Waals surface area contributed by atoms with Gasteiger partial charge in [-0.1, -0.05) is 0 Å². The molecule has 3 rings (SSSR count). The molecule has 0 amide bonds. The fraction of sp³-hybridized carbons (Fsp3) is 0.200. The minimum absolute atomic E-state index is 0.548. The van der Waals surface area contributed by atoms with Gasteiger partial charge in [0.1, 0.15) is 11.4 Å². The molecule has 26 heavy (non-hydrogen) atoms. The Morgan fingerprint density at radius 3 is 1.88 bits per heavy atom. The van der Waals surface area contributed by atoms with Gasteiger partial charge in [0, 0.05) is 11.1 Å². The van der Waals surface area contributed by atoms with E-state index in [1.54, 1.807) is 34.6 Å². The van der Waals surface area contributed by atoms with Crippen molar-refractivity contribution < 1.29 is 18.9 Å². The molecule has 3 aromatic rings. The van der Waals surface area contributed by atoms with Gasteiger partial charge in [-0.05, 0) is 48.0 Å². The van der Waals surface area contributed by atoms with Gasteiger partial charge in [-0.15, -0.1) is 5.10 Å². The van der Waals surface area contributed by atoms with Crippen molar-refractivity contribution in [3.63, 3.8) is 0 Å². The molecule has 0 aliphatic heterocycles. The van der Waals surface area contributed by atoms with E-state index < -0.39 is 0 Å². The van der Waals surface area contributed by atoms with Gasteiger partial charge in [-0.3, -0.25) is 0 Å². The van der Waals surface area contributed by atoms with Gasteiger partial charge < -0.3 is 18.9 Å². The maximum atomic E-state index is 5.46. The number of hydrogen-bond acceptors (Lipinski definition) is 6. The topological polar surface area (TPSA) is 62.7 Å². The van der Waals surface area contributed by atoms with Crippen LogP contribution in [-0.2, 0) is 0 Å². The molecule has 0 unspecified atom stereocenters. The molecule has 0 N–H and O–H groups in total. The Labute approximate surface area is 152 Å². The van der Waals surface area contributed by atoms with Crippen molar-refractivity contribution in [3.8, 4) is 45.4 Å². The van der Waals surface area contributed by atoms with Crippen LogP contribution in [0.3, 0.4) is 0 Å². The minimum Gasteiger partial charge on any atom is -0.497 e. The van der Waals surface area contributed by atoms with E-state index >= 15 is 0 Å². The molecule has 6 nitrogen and oxygen atoms in total. The van der Waals surface area contributed by atoms with Crippen LogP contribution < -0.4 is 18.9 Å². The lowest BCUT2D eigenvalue weighted by Gasteiger charge is -2.15. The highest BCUT2D eigenvalue weighted by Gasteiger charge is 2.17. The van der Waals surface area contributed by atoms with Gasteiger partial charge in [-0.25, -0.2) is 0 Å². The van der Waals surface area contributed by atoms with Crippen LogP contribution in [0.2, 0.25) is 0 Å². The summed E-state index contributed by atoms with van der Waals surface area (Å²) in [5, 5.41) is 8.37. The van der Waals surface area contributed by atoms with E-state index in [9.17, 15) is 0 Å². The van der Waals surface area contributed by atoms with Crippen LogP contribution in [0.25, 0.3) is 22.4 Å². The van der Waals surface area contributed by atoms with Gasteiger partial charge in [0.05, 0.1) is 34.6 Å². The van der Waals surface area contributed by atoms with E-state index in [0.717, 1.165) is 28.1 Å². The zero-order valence-electron chi connectivity index (χ0n) is 15.1. The molecule has 0 atom stereocenters. The molecular weight excluding hydrogens is 332 g/mol. The van der Waals surface area contributed by atoms with Gasteiger partial charge in [-0.2, -0.15) is 5.10 Å². The van der Waals surface area contributed by atoms with Gasteiger partial charge >= 0.3 is 0 Å². The molecule has 1 heterocycles. The fourth-order valence-corrected chi connectivity index (χ4v) is 2.76. The number of nitrogens with zero attached hydrogens (tertiary/aromatic N) is 2. The smallest absolute Gasteiger partial charge is 0.203 e. The molecule has 0 saturated carbocycles. The number of methoxy groups -OCH3 is 4. The average Bonchev–Trinajstić information content (AvgIpc) is 2.72. The number of rotatable bonds is 6. The highest BCUT2D eigenvalue weighted by atomic mass is 16.5. The number of ether oxygens (including phenoxy) is 4. The van der Waals surface area contributed by atoms with Crippen LogP contribution in [0.5, 0.6) is 23.0 Å². The summed E-state index contributed by atoms with van der Waals surface area (Å²) < 4.78 is 21.5. The highest BCUT2D eigenvalue weighted by Crippen LogP contribution is 2.42. The van der Waals surface area contributed by atoms with Crippen LogP contribution >= 0.6 is 0 Å². The predicted octanol–water partition coefficient (Wildman–Crippen LogP) is 3.85. The highest BCUT2D eigenvalue weighted by molar-refractivity contribution is 5.82. The van der Waals surface area contributed by atoms with E-state index in [-0.39, 0.29) is 0 Å². The molecule has 0 saturated heterocycles. The Morgan fingerprint density at radius 2 is 1.35 bits per heavy atom. The monoisotopic (exact) mass is 352 g/mol. The van der Waals surface area contributed by atoms with Gasteiger partial charge in [0.15, 0.2) is 11.5 Å². The van der Waals surface area contributed by atoms with E-state index in [1.807, 2.05) is 42.5 Å². The van der Waals surface area contributed by atoms with Gasteiger partial charge in [0.25, 0.3) is 0 Å². The Kier molecular flexibility index (Phi) is 5.22. The second kappa shape index (κ2) is 7.74. The summed E-state index contributed by atoms with van der Waals surface area (Å²) >= 11 is 0. The minimum atomic E-state index is 0.548. The van der Waals surface area contributed by atoms with Crippen LogP contribution in [0.1, 0.15) is 0 Å². The molecule has 0 aliphatic rings. The summed E-state index contributed by atoms with van der Waals surface area (Å²) in [5.74, 6) is 2.50. The molecule has 0 fully saturated rings. The molecule has 0 bridgehead atoms. The van der Waals surface area contributed by atoms with Crippen LogP contribution in [0.4, 0.5) is 0 Å².